The molecule has 0 bridgehead atoms. The molecule has 0 atom stereocenters. The van der Waals surface area contributed by atoms with Crippen molar-refractivity contribution in [3.05, 3.63) is 60.7 Å². The Morgan fingerprint density at radius 3 is 2.31 bits per heavy atom. The highest BCUT2D eigenvalue weighted by atomic mass is 15.3. The van der Waals surface area contributed by atoms with Crippen LogP contribution in [0.15, 0.2) is 55.1 Å². The van der Waals surface area contributed by atoms with Gasteiger partial charge in [0.15, 0.2) is 0 Å². The molecule has 7 heteroatoms. The molecular weight excluding hydrogens is 326 g/mol. The van der Waals surface area contributed by atoms with Crippen molar-refractivity contribution in [1.29, 1.82) is 5.26 Å². The molecule has 3 aromatic rings. The molecule has 0 unspecified atom stereocenters. The van der Waals surface area contributed by atoms with Crippen LogP contribution in [0.3, 0.4) is 0 Å². The summed E-state index contributed by atoms with van der Waals surface area (Å²) in [5.74, 6) is 1.64. The summed E-state index contributed by atoms with van der Waals surface area (Å²) in [7, 11) is 0. The van der Waals surface area contributed by atoms with Crippen LogP contribution in [-0.4, -0.2) is 46.1 Å². The van der Waals surface area contributed by atoms with Gasteiger partial charge in [-0.05, 0) is 30.3 Å². The van der Waals surface area contributed by atoms with Gasteiger partial charge in [0.05, 0.1) is 11.3 Å². The van der Waals surface area contributed by atoms with Gasteiger partial charge in [-0.3, -0.25) is 4.98 Å². The fourth-order valence-electron chi connectivity index (χ4n) is 2.96. The zero-order valence-electron chi connectivity index (χ0n) is 14.2. The van der Waals surface area contributed by atoms with E-state index >= 15 is 0 Å². The highest BCUT2D eigenvalue weighted by molar-refractivity contribution is 5.59. The van der Waals surface area contributed by atoms with Crippen LogP contribution in [0.4, 0.5) is 11.8 Å². The van der Waals surface area contributed by atoms with Crippen LogP contribution in [0.25, 0.3) is 11.3 Å². The first kappa shape index (κ1) is 16.0. The number of hydrogen-bond acceptors (Lipinski definition) is 7. The van der Waals surface area contributed by atoms with Gasteiger partial charge in [-0.1, -0.05) is 0 Å². The molecule has 1 fully saturated rings. The summed E-state index contributed by atoms with van der Waals surface area (Å²) in [6.45, 7) is 3.31. The minimum absolute atomic E-state index is 0.578. The lowest BCUT2D eigenvalue weighted by Crippen LogP contribution is -2.47. The Balaban J connectivity index is 1.45. The second kappa shape index (κ2) is 7.15. The summed E-state index contributed by atoms with van der Waals surface area (Å²) in [4.78, 5) is 22.0. The van der Waals surface area contributed by atoms with E-state index in [1.807, 2.05) is 24.3 Å². The van der Waals surface area contributed by atoms with E-state index in [1.165, 1.54) is 0 Å². The number of pyridine rings is 2. The Hall–Kier alpha value is -3.53. The van der Waals surface area contributed by atoms with E-state index in [-0.39, 0.29) is 0 Å². The van der Waals surface area contributed by atoms with Crippen molar-refractivity contribution in [2.75, 3.05) is 36.0 Å². The van der Waals surface area contributed by atoms with Crippen molar-refractivity contribution in [3.63, 3.8) is 0 Å². The number of anilines is 2. The molecule has 0 N–H and O–H groups in total. The number of nitrogens with zero attached hydrogens (tertiary/aromatic N) is 7. The molecule has 3 aromatic heterocycles. The molecule has 0 aromatic carbocycles. The topological polar surface area (TPSA) is 81.8 Å². The van der Waals surface area contributed by atoms with Crippen molar-refractivity contribution < 1.29 is 0 Å². The van der Waals surface area contributed by atoms with Gasteiger partial charge < -0.3 is 9.80 Å². The van der Waals surface area contributed by atoms with Crippen LogP contribution >= 0.6 is 0 Å². The fraction of sp³-hybridized carbons (Fsp3) is 0.211. The average molecular weight is 343 g/mol. The maximum Gasteiger partial charge on any atom is 0.225 e. The van der Waals surface area contributed by atoms with Gasteiger partial charge in [0.1, 0.15) is 11.9 Å². The van der Waals surface area contributed by atoms with Crippen LogP contribution in [0.5, 0.6) is 0 Å². The van der Waals surface area contributed by atoms with Gasteiger partial charge in [0, 0.05) is 56.5 Å². The van der Waals surface area contributed by atoms with E-state index in [4.69, 9.17) is 10.2 Å². The maximum absolute atomic E-state index is 8.88. The van der Waals surface area contributed by atoms with E-state index in [0.717, 1.165) is 49.2 Å². The van der Waals surface area contributed by atoms with Crippen molar-refractivity contribution in [2.45, 2.75) is 0 Å². The number of nitriles is 1. The molecule has 1 aliphatic rings. The van der Waals surface area contributed by atoms with Crippen LogP contribution in [0.2, 0.25) is 0 Å². The first-order valence-electron chi connectivity index (χ1n) is 8.43. The summed E-state index contributed by atoms with van der Waals surface area (Å²) >= 11 is 0. The van der Waals surface area contributed by atoms with Gasteiger partial charge in [-0.15, -0.1) is 0 Å². The Bertz CT molecular complexity index is 911. The normalized spacial score (nSPS) is 14.1. The number of hydrogen-bond donors (Lipinski definition) is 0. The summed E-state index contributed by atoms with van der Waals surface area (Å²) < 4.78 is 0. The highest BCUT2D eigenvalue weighted by Crippen LogP contribution is 2.20. The lowest BCUT2D eigenvalue weighted by atomic mass is 10.2. The monoisotopic (exact) mass is 343 g/mol. The standard InChI is InChI=1S/C19H17N7/c20-13-15-1-2-18(23-14-15)25-9-11-26(12-10-25)19-22-8-5-17(24-19)16-3-6-21-7-4-16/h1-8,14H,9-12H2. The molecule has 0 spiro atoms. The van der Waals surface area contributed by atoms with Gasteiger partial charge in [0.2, 0.25) is 5.95 Å². The van der Waals surface area contributed by atoms with Crippen molar-refractivity contribution >= 4 is 11.8 Å². The average Bonchev–Trinajstić information content (AvgIpc) is 2.75. The second-order valence-corrected chi connectivity index (χ2v) is 5.97. The first-order chi connectivity index (χ1) is 12.8. The van der Waals surface area contributed by atoms with Crippen LogP contribution in [0.1, 0.15) is 5.56 Å². The molecule has 0 aliphatic carbocycles. The fourth-order valence-corrected chi connectivity index (χ4v) is 2.96. The van der Waals surface area contributed by atoms with Crippen molar-refractivity contribution in [3.8, 4) is 17.3 Å². The van der Waals surface area contributed by atoms with E-state index in [0.29, 0.717) is 5.56 Å². The predicted molar refractivity (Wildman–Crippen MR) is 98.6 cm³/mol. The minimum atomic E-state index is 0.578. The number of aromatic nitrogens is 4. The summed E-state index contributed by atoms with van der Waals surface area (Å²) in [5, 5.41) is 8.88. The zero-order chi connectivity index (χ0) is 17.8. The van der Waals surface area contributed by atoms with E-state index < -0.39 is 0 Å². The lowest BCUT2D eigenvalue weighted by molar-refractivity contribution is 0.635. The Labute approximate surface area is 151 Å². The largest absolute Gasteiger partial charge is 0.353 e. The first-order valence-corrected chi connectivity index (χ1v) is 8.43. The third-order valence-electron chi connectivity index (χ3n) is 4.38. The smallest absolute Gasteiger partial charge is 0.225 e. The molecule has 26 heavy (non-hydrogen) atoms. The van der Waals surface area contributed by atoms with Crippen molar-refractivity contribution in [1.82, 2.24) is 19.9 Å². The third kappa shape index (κ3) is 3.30. The van der Waals surface area contributed by atoms with E-state index in [2.05, 4.69) is 30.8 Å². The zero-order valence-corrected chi connectivity index (χ0v) is 14.2. The van der Waals surface area contributed by atoms with Gasteiger partial charge >= 0.3 is 0 Å². The highest BCUT2D eigenvalue weighted by Gasteiger charge is 2.20. The second-order valence-electron chi connectivity index (χ2n) is 5.97. The van der Waals surface area contributed by atoms with Gasteiger partial charge in [-0.2, -0.15) is 5.26 Å². The molecule has 128 valence electrons. The van der Waals surface area contributed by atoms with Crippen molar-refractivity contribution in [2.24, 2.45) is 0 Å². The Morgan fingerprint density at radius 2 is 1.62 bits per heavy atom. The summed E-state index contributed by atoms with van der Waals surface area (Å²) in [6.07, 6.45) is 6.94. The SMILES string of the molecule is N#Cc1ccc(N2CCN(c3nccc(-c4ccncc4)n3)CC2)nc1. The molecule has 1 saturated heterocycles. The van der Waals surface area contributed by atoms with Crippen LogP contribution < -0.4 is 9.80 Å². The molecule has 0 saturated carbocycles. The van der Waals surface area contributed by atoms with Gasteiger partial charge in [0.25, 0.3) is 0 Å². The Kier molecular flexibility index (Phi) is 4.39. The molecule has 0 radical (unpaired) electrons. The van der Waals surface area contributed by atoms with E-state index in [9.17, 15) is 0 Å². The minimum Gasteiger partial charge on any atom is -0.353 e. The summed E-state index contributed by atoms with van der Waals surface area (Å²) in [5.41, 5.74) is 2.51. The van der Waals surface area contributed by atoms with Crippen LogP contribution in [-0.2, 0) is 0 Å². The van der Waals surface area contributed by atoms with Crippen LogP contribution in [0, 0.1) is 11.3 Å². The lowest BCUT2D eigenvalue weighted by Gasteiger charge is -2.35. The third-order valence-corrected chi connectivity index (χ3v) is 4.38. The molecule has 0 amide bonds. The molecule has 4 rings (SSSR count). The van der Waals surface area contributed by atoms with E-state index in [1.54, 1.807) is 30.9 Å². The number of piperazine rings is 1. The molecule has 1 aliphatic heterocycles. The summed E-state index contributed by atoms with van der Waals surface area (Å²) in [6, 6.07) is 11.6. The van der Waals surface area contributed by atoms with Gasteiger partial charge in [-0.25, -0.2) is 15.0 Å². The molecule has 4 heterocycles. The number of rotatable bonds is 3. The molecular formula is C19H17N7. The molecule has 7 nitrogen and oxygen atoms in total. The predicted octanol–water partition coefficient (Wildman–Crippen LogP) is 2.13. The maximum atomic E-state index is 8.88. The quantitative estimate of drug-likeness (QED) is 0.720. The Morgan fingerprint density at radius 1 is 0.846 bits per heavy atom.